The lowest BCUT2D eigenvalue weighted by Gasteiger charge is -2.41. The van der Waals surface area contributed by atoms with Crippen LogP contribution in [0.5, 0.6) is 0 Å². The van der Waals surface area contributed by atoms with Crippen molar-refractivity contribution in [3.8, 4) is 0 Å². The first-order chi connectivity index (χ1) is 15.4. The van der Waals surface area contributed by atoms with E-state index < -0.39 is 7.44 Å². The van der Waals surface area contributed by atoms with Crippen LogP contribution in [0.15, 0.2) is 70.7 Å². The number of para-hydroxylation sites is 2. The predicted octanol–water partition coefficient (Wildman–Crippen LogP) is 6.99. The van der Waals surface area contributed by atoms with Gasteiger partial charge in [0.2, 0.25) is 0 Å². The maximum atomic E-state index is 15.1. The summed E-state index contributed by atoms with van der Waals surface area (Å²) in [6, 6.07) is 18.0. The van der Waals surface area contributed by atoms with E-state index in [0.29, 0.717) is 0 Å². The van der Waals surface area contributed by atoms with Crippen LogP contribution >= 0.6 is 7.44 Å². The second-order valence-electron chi connectivity index (χ2n) is 10.0. The maximum Gasteiger partial charge on any atom is 0.313 e. The highest BCUT2D eigenvalue weighted by Gasteiger charge is 2.50. The summed E-state index contributed by atoms with van der Waals surface area (Å²) in [5.74, 6) is 0. The van der Waals surface area contributed by atoms with Crippen LogP contribution in [0.2, 0.25) is 0 Å². The van der Waals surface area contributed by atoms with Crippen molar-refractivity contribution in [3.63, 3.8) is 0 Å². The summed E-state index contributed by atoms with van der Waals surface area (Å²) in [5.41, 5.74) is 5.17. The molecule has 1 N–H and O–H groups in total. The number of hydrogen-bond acceptors (Lipinski definition) is 3. The van der Waals surface area contributed by atoms with Crippen LogP contribution in [0.25, 0.3) is 0 Å². The zero-order valence-corrected chi connectivity index (χ0v) is 20.2. The topological polar surface area (TPSA) is 47.9 Å². The molecule has 3 aliphatic rings. The minimum absolute atomic E-state index is 0.0926. The zero-order chi connectivity index (χ0) is 22.3. The van der Waals surface area contributed by atoms with E-state index in [9.17, 15) is 0 Å². The van der Waals surface area contributed by atoms with E-state index in [1.165, 1.54) is 25.0 Å². The molecule has 5 rings (SSSR count). The lowest BCUT2D eigenvalue weighted by atomic mass is 9.78. The number of allylic oxidation sites excluding steroid dienone is 2. The number of hydrogen-bond donors (Lipinski definition) is 1. The van der Waals surface area contributed by atoms with E-state index in [1.54, 1.807) is 4.78 Å². The molecule has 0 spiro atoms. The molecule has 0 bridgehead atoms. The van der Waals surface area contributed by atoms with Crippen molar-refractivity contribution >= 4 is 24.5 Å². The quantitative estimate of drug-likeness (QED) is 0.512. The molecule has 0 saturated carbocycles. The first-order valence-corrected chi connectivity index (χ1v) is 13.4. The van der Waals surface area contributed by atoms with Gasteiger partial charge in [-0.05, 0) is 68.2 Å². The van der Waals surface area contributed by atoms with E-state index in [1.807, 2.05) is 48.5 Å². The second kappa shape index (κ2) is 8.12. The van der Waals surface area contributed by atoms with Gasteiger partial charge in [0.1, 0.15) is 0 Å². The number of fused-ring (bicyclic) bond motifs is 1. The molecule has 2 aromatic carbocycles. The van der Waals surface area contributed by atoms with Crippen molar-refractivity contribution in [2.75, 3.05) is 23.0 Å². The molecule has 0 unspecified atom stereocenters. The van der Waals surface area contributed by atoms with Gasteiger partial charge < -0.3 is 9.99 Å². The summed E-state index contributed by atoms with van der Waals surface area (Å²) >= 11 is 0. The van der Waals surface area contributed by atoms with E-state index in [4.69, 9.17) is 5.10 Å². The van der Waals surface area contributed by atoms with Gasteiger partial charge in [0.15, 0.2) is 0 Å². The third-order valence-electron chi connectivity index (χ3n) is 6.77. The molecule has 32 heavy (non-hydrogen) atoms. The first kappa shape index (κ1) is 21.3. The van der Waals surface area contributed by atoms with E-state index >= 15 is 4.57 Å². The third-order valence-corrected chi connectivity index (χ3v) is 9.29. The predicted molar refractivity (Wildman–Crippen MR) is 134 cm³/mol. The highest BCUT2D eigenvalue weighted by Crippen LogP contribution is 2.66. The minimum atomic E-state index is -3.24. The molecular formula is C26H33N4OP. The standard InChI is InChI=1S/C26H33N4OP/c1-20-12-8-9-15-22(20)28-32(31)25-23(27-30(32)21-13-6-4-7-14-21)18-26(2,3)19-24(25)29-16-10-5-11-17-29/h4,6-9,12-15H,5,10-11,16-19H2,1-3H3,(H,28,31)/t32-/m0/s1. The Hall–Kier alpha value is -2.52. The van der Waals surface area contributed by atoms with Gasteiger partial charge in [0, 0.05) is 24.5 Å². The Bertz CT molecular complexity index is 1120. The van der Waals surface area contributed by atoms with Gasteiger partial charge in [0.05, 0.1) is 16.7 Å². The highest BCUT2D eigenvalue weighted by molar-refractivity contribution is 7.73. The van der Waals surface area contributed by atoms with E-state index in [2.05, 4.69) is 36.8 Å². The molecule has 1 aliphatic carbocycles. The van der Waals surface area contributed by atoms with Crippen molar-refractivity contribution < 1.29 is 4.57 Å². The van der Waals surface area contributed by atoms with Crippen LogP contribution in [-0.4, -0.2) is 23.7 Å². The minimum Gasteiger partial charge on any atom is -0.374 e. The number of anilines is 2. The molecule has 1 atom stereocenters. The van der Waals surface area contributed by atoms with Crippen LogP contribution in [0, 0.1) is 12.3 Å². The van der Waals surface area contributed by atoms with Crippen LogP contribution in [0.4, 0.5) is 11.4 Å². The molecule has 1 fully saturated rings. The molecule has 2 aromatic rings. The van der Waals surface area contributed by atoms with Crippen molar-refractivity contribution in [2.24, 2.45) is 10.5 Å². The van der Waals surface area contributed by atoms with Crippen molar-refractivity contribution in [1.82, 2.24) is 4.90 Å². The number of nitrogens with zero attached hydrogens (tertiary/aromatic N) is 3. The number of likely N-dealkylation sites (tertiary alicyclic amines) is 1. The summed E-state index contributed by atoms with van der Waals surface area (Å²) in [5, 5.41) is 9.50. The van der Waals surface area contributed by atoms with Gasteiger partial charge in [-0.2, -0.15) is 9.88 Å². The fourth-order valence-corrected chi connectivity index (χ4v) is 7.89. The molecule has 6 heteroatoms. The lowest BCUT2D eigenvalue weighted by molar-refractivity contribution is 0.240. The van der Waals surface area contributed by atoms with Crippen LogP contribution in [0.1, 0.15) is 51.5 Å². The molecule has 1 saturated heterocycles. The van der Waals surface area contributed by atoms with Gasteiger partial charge >= 0.3 is 7.44 Å². The van der Waals surface area contributed by atoms with Crippen LogP contribution in [0.3, 0.4) is 0 Å². The largest absolute Gasteiger partial charge is 0.374 e. The number of aryl methyl sites for hydroxylation is 1. The molecule has 5 nitrogen and oxygen atoms in total. The monoisotopic (exact) mass is 448 g/mol. The number of rotatable bonds is 4. The molecule has 0 amide bonds. The summed E-state index contributed by atoms with van der Waals surface area (Å²) in [6.45, 7) is 8.75. The maximum absolute atomic E-state index is 15.1. The second-order valence-corrected chi connectivity index (χ2v) is 12.2. The molecule has 2 heterocycles. The smallest absolute Gasteiger partial charge is 0.313 e. The average molecular weight is 449 g/mol. The summed E-state index contributed by atoms with van der Waals surface area (Å²) in [6.07, 6.45) is 5.44. The SMILES string of the molecule is Cc1ccccc1N[P@@]1(=O)C2=C(N3CCCCC3)CC(C)(C)CC2=NN1c1ccccc1. The Morgan fingerprint density at radius 3 is 2.34 bits per heavy atom. The van der Waals surface area contributed by atoms with Crippen molar-refractivity contribution in [3.05, 3.63) is 71.2 Å². The Labute approximate surface area is 191 Å². The number of piperidine rings is 1. The van der Waals surface area contributed by atoms with Crippen LogP contribution in [-0.2, 0) is 4.57 Å². The molecule has 0 aromatic heterocycles. The van der Waals surface area contributed by atoms with Gasteiger partial charge in [-0.3, -0.25) is 4.57 Å². The first-order valence-electron chi connectivity index (χ1n) is 11.7. The van der Waals surface area contributed by atoms with Crippen molar-refractivity contribution in [1.29, 1.82) is 0 Å². The Balaban J connectivity index is 1.70. The molecular weight excluding hydrogens is 415 g/mol. The van der Waals surface area contributed by atoms with Crippen LogP contribution < -0.4 is 9.87 Å². The molecule has 2 aliphatic heterocycles. The lowest BCUT2D eigenvalue weighted by Crippen LogP contribution is -2.36. The Morgan fingerprint density at radius 2 is 1.62 bits per heavy atom. The molecule has 168 valence electrons. The van der Waals surface area contributed by atoms with Crippen molar-refractivity contribution in [2.45, 2.75) is 52.9 Å². The fraction of sp³-hybridized carbons (Fsp3) is 0.423. The van der Waals surface area contributed by atoms with Gasteiger partial charge in [-0.15, -0.1) is 0 Å². The van der Waals surface area contributed by atoms with Gasteiger partial charge in [0.25, 0.3) is 0 Å². The Morgan fingerprint density at radius 1 is 0.938 bits per heavy atom. The zero-order valence-electron chi connectivity index (χ0n) is 19.3. The summed E-state index contributed by atoms with van der Waals surface area (Å²) < 4.78 is 16.9. The number of nitrogens with one attached hydrogen (secondary N) is 1. The number of hydrazone groups is 1. The van der Waals surface area contributed by atoms with Gasteiger partial charge in [-0.1, -0.05) is 50.2 Å². The van der Waals surface area contributed by atoms with E-state index in [0.717, 1.165) is 53.9 Å². The fourth-order valence-electron chi connectivity index (χ4n) is 5.18. The average Bonchev–Trinajstić information content (AvgIpc) is 3.07. The summed E-state index contributed by atoms with van der Waals surface area (Å²) in [4.78, 5) is 2.50. The third kappa shape index (κ3) is 3.77. The molecule has 0 radical (unpaired) electrons. The highest BCUT2D eigenvalue weighted by atomic mass is 31.2. The van der Waals surface area contributed by atoms with Gasteiger partial charge in [-0.25, -0.2) is 0 Å². The number of benzene rings is 2. The van der Waals surface area contributed by atoms with E-state index in [-0.39, 0.29) is 5.41 Å². The summed E-state index contributed by atoms with van der Waals surface area (Å²) in [7, 11) is -3.24. The normalized spacial score (nSPS) is 24.9. The Kier molecular flexibility index (Phi) is 5.41.